The SMILES string of the molecule is CC1(C)Cc2ccccc2C(C(C#N)C(=O)Nc2cccc([N+](=O)[O-])c2)=N1. The van der Waals surface area contributed by atoms with E-state index in [1.54, 1.807) is 6.07 Å². The lowest BCUT2D eigenvalue weighted by Gasteiger charge is -2.30. The molecular formula is C20H18N4O3. The summed E-state index contributed by atoms with van der Waals surface area (Å²) in [6, 6.07) is 15.2. The molecule has 1 amide bonds. The van der Waals surface area contributed by atoms with Crippen LogP contribution in [0.4, 0.5) is 11.4 Å². The highest BCUT2D eigenvalue weighted by molar-refractivity contribution is 6.19. The summed E-state index contributed by atoms with van der Waals surface area (Å²) < 4.78 is 0. The van der Waals surface area contributed by atoms with E-state index < -0.39 is 22.3 Å². The van der Waals surface area contributed by atoms with Gasteiger partial charge in [0.1, 0.15) is 0 Å². The molecule has 1 aliphatic heterocycles. The molecule has 2 aromatic rings. The molecule has 1 atom stereocenters. The van der Waals surface area contributed by atoms with Crippen molar-refractivity contribution in [1.82, 2.24) is 0 Å². The highest BCUT2D eigenvalue weighted by atomic mass is 16.6. The first-order chi connectivity index (χ1) is 12.8. The zero-order valence-electron chi connectivity index (χ0n) is 15.0. The molecule has 2 aromatic carbocycles. The molecule has 0 spiro atoms. The second-order valence-corrected chi connectivity index (χ2v) is 7.00. The molecule has 0 bridgehead atoms. The van der Waals surface area contributed by atoms with Gasteiger partial charge in [-0.25, -0.2) is 0 Å². The summed E-state index contributed by atoms with van der Waals surface area (Å²) in [6.45, 7) is 3.91. The topological polar surface area (TPSA) is 108 Å². The zero-order chi connectivity index (χ0) is 19.6. The lowest BCUT2D eigenvalue weighted by Crippen LogP contribution is -2.36. The van der Waals surface area contributed by atoms with Crippen LogP contribution in [0.5, 0.6) is 0 Å². The van der Waals surface area contributed by atoms with Gasteiger partial charge in [0.25, 0.3) is 5.69 Å². The standard InChI is InChI=1S/C20H18N4O3/c1-20(2)11-13-6-3-4-9-16(13)18(23-20)17(12-21)19(25)22-14-7-5-8-15(10-14)24(26)27/h3-10,17H,11H2,1-2H3,(H,22,25). The Kier molecular flexibility index (Phi) is 4.74. The van der Waals surface area contributed by atoms with Crippen molar-refractivity contribution in [2.75, 3.05) is 5.32 Å². The van der Waals surface area contributed by atoms with Crippen LogP contribution in [0, 0.1) is 27.4 Å². The molecule has 0 saturated heterocycles. The summed E-state index contributed by atoms with van der Waals surface area (Å²) in [7, 11) is 0. The number of nitro groups is 1. The minimum Gasteiger partial charge on any atom is -0.324 e. The van der Waals surface area contributed by atoms with Gasteiger partial charge in [-0.2, -0.15) is 5.26 Å². The fourth-order valence-electron chi connectivity index (χ4n) is 3.19. The van der Waals surface area contributed by atoms with E-state index in [1.165, 1.54) is 18.2 Å². The minimum absolute atomic E-state index is 0.136. The highest BCUT2D eigenvalue weighted by Crippen LogP contribution is 2.30. The Morgan fingerprint density at radius 2 is 2.04 bits per heavy atom. The minimum atomic E-state index is -1.12. The first-order valence-electron chi connectivity index (χ1n) is 8.44. The number of hydrogen-bond acceptors (Lipinski definition) is 5. The van der Waals surface area contributed by atoms with Gasteiger partial charge in [0.2, 0.25) is 5.91 Å². The van der Waals surface area contributed by atoms with Crippen molar-refractivity contribution >= 4 is 23.0 Å². The van der Waals surface area contributed by atoms with Gasteiger partial charge in [-0.3, -0.25) is 19.9 Å². The van der Waals surface area contributed by atoms with Gasteiger partial charge in [0.15, 0.2) is 5.92 Å². The second kappa shape index (κ2) is 7.00. The summed E-state index contributed by atoms with van der Waals surface area (Å²) in [4.78, 5) is 27.8. The number of rotatable bonds is 4. The van der Waals surface area contributed by atoms with Crippen LogP contribution in [0.2, 0.25) is 0 Å². The number of benzene rings is 2. The lowest BCUT2D eigenvalue weighted by molar-refractivity contribution is -0.384. The molecule has 0 aromatic heterocycles. The molecule has 0 saturated carbocycles. The maximum absolute atomic E-state index is 12.8. The molecule has 3 rings (SSSR count). The number of carbonyl (C=O) groups excluding carboxylic acids is 1. The fraction of sp³-hybridized carbons (Fsp3) is 0.250. The first-order valence-corrected chi connectivity index (χ1v) is 8.44. The van der Waals surface area contributed by atoms with Crippen LogP contribution in [-0.4, -0.2) is 22.1 Å². The van der Waals surface area contributed by atoms with Crippen molar-refractivity contribution < 1.29 is 9.72 Å². The number of nitrogens with one attached hydrogen (secondary N) is 1. The Morgan fingerprint density at radius 3 is 2.74 bits per heavy atom. The maximum Gasteiger partial charge on any atom is 0.271 e. The number of nitrogens with zero attached hydrogens (tertiary/aromatic N) is 3. The summed E-state index contributed by atoms with van der Waals surface area (Å²) in [6.07, 6.45) is 0.720. The summed E-state index contributed by atoms with van der Waals surface area (Å²) in [5.74, 6) is -1.69. The molecule has 0 fully saturated rings. The van der Waals surface area contributed by atoms with Crippen molar-refractivity contribution in [2.24, 2.45) is 10.9 Å². The lowest BCUT2D eigenvalue weighted by atomic mass is 9.83. The quantitative estimate of drug-likeness (QED) is 0.663. The van der Waals surface area contributed by atoms with Crippen LogP contribution in [0.15, 0.2) is 53.5 Å². The zero-order valence-corrected chi connectivity index (χ0v) is 15.0. The number of anilines is 1. The highest BCUT2D eigenvalue weighted by Gasteiger charge is 2.34. The number of non-ortho nitro benzene ring substituents is 1. The molecule has 7 nitrogen and oxygen atoms in total. The molecule has 27 heavy (non-hydrogen) atoms. The summed E-state index contributed by atoms with van der Waals surface area (Å²) >= 11 is 0. The van der Waals surface area contributed by atoms with Crippen LogP contribution >= 0.6 is 0 Å². The number of nitro benzene ring substituents is 1. The molecule has 1 heterocycles. The molecule has 1 aliphatic rings. The van der Waals surface area contributed by atoms with E-state index in [2.05, 4.69) is 10.3 Å². The Hall–Kier alpha value is -3.53. The first kappa shape index (κ1) is 18.3. The number of fused-ring (bicyclic) bond motifs is 1. The third-order valence-electron chi connectivity index (χ3n) is 4.33. The smallest absolute Gasteiger partial charge is 0.271 e. The number of carbonyl (C=O) groups is 1. The third kappa shape index (κ3) is 3.85. The van der Waals surface area contributed by atoms with E-state index in [0.29, 0.717) is 5.71 Å². The van der Waals surface area contributed by atoms with E-state index in [1.807, 2.05) is 44.2 Å². The predicted octanol–water partition coefficient (Wildman–Crippen LogP) is 3.50. The normalized spacial score (nSPS) is 15.7. The number of amides is 1. The monoisotopic (exact) mass is 362 g/mol. The van der Waals surface area contributed by atoms with E-state index >= 15 is 0 Å². The Morgan fingerprint density at radius 1 is 1.30 bits per heavy atom. The third-order valence-corrected chi connectivity index (χ3v) is 4.33. The van der Waals surface area contributed by atoms with Crippen LogP contribution in [0.3, 0.4) is 0 Å². The Balaban J connectivity index is 1.94. The van der Waals surface area contributed by atoms with Gasteiger partial charge in [0, 0.05) is 23.4 Å². The Bertz CT molecular complexity index is 989. The fourth-order valence-corrected chi connectivity index (χ4v) is 3.19. The van der Waals surface area contributed by atoms with E-state index in [4.69, 9.17) is 0 Å². The summed E-state index contributed by atoms with van der Waals surface area (Å²) in [5.41, 5.74) is 1.95. The van der Waals surface area contributed by atoms with Crippen LogP contribution < -0.4 is 5.32 Å². The van der Waals surface area contributed by atoms with E-state index in [-0.39, 0.29) is 11.4 Å². The van der Waals surface area contributed by atoms with Crippen molar-refractivity contribution in [1.29, 1.82) is 5.26 Å². The van der Waals surface area contributed by atoms with E-state index in [0.717, 1.165) is 17.5 Å². The largest absolute Gasteiger partial charge is 0.324 e. The molecule has 0 aliphatic carbocycles. The molecular weight excluding hydrogens is 344 g/mol. The molecule has 0 radical (unpaired) electrons. The summed E-state index contributed by atoms with van der Waals surface area (Å²) in [5, 5.41) is 23.2. The van der Waals surface area contributed by atoms with Crippen LogP contribution in [0.25, 0.3) is 0 Å². The van der Waals surface area contributed by atoms with Crippen LogP contribution in [-0.2, 0) is 11.2 Å². The number of aliphatic imine (C=N–C) groups is 1. The average Bonchev–Trinajstić information content (AvgIpc) is 2.61. The van der Waals surface area contributed by atoms with Crippen molar-refractivity contribution in [2.45, 2.75) is 25.8 Å². The number of hydrogen-bond donors (Lipinski definition) is 1. The van der Waals surface area contributed by atoms with Gasteiger partial charge in [-0.05, 0) is 31.9 Å². The van der Waals surface area contributed by atoms with Gasteiger partial charge < -0.3 is 5.32 Å². The molecule has 1 N–H and O–H groups in total. The molecule has 1 unspecified atom stereocenters. The maximum atomic E-state index is 12.8. The van der Waals surface area contributed by atoms with Crippen molar-refractivity contribution in [3.8, 4) is 6.07 Å². The average molecular weight is 362 g/mol. The van der Waals surface area contributed by atoms with Crippen molar-refractivity contribution in [3.63, 3.8) is 0 Å². The van der Waals surface area contributed by atoms with Crippen LogP contribution in [0.1, 0.15) is 25.0 Å². The van der Waals surface area contributed by atoms with Gasteiger partial charge in [0.05, 0.1) is 22.2 Å². The van der Waals surface area contributed by atoms with Gasteiger partial charge >= 0.3 is 0 Å². The predicted molar refractivity (Wildman–Crippen MR) is 102 cm³/mol. The van der Waals surface area contributed by atoms with Gasteiger partial charge in [-0.1, -0.05) is 30.3 Å². The van der Waals surface area contributed by atoms with E-state index in [9.17, 15) is 20.2 Å². The van der Waals surface area contributed by atoms with Crippen molar-refractivity contribution in [3.05, 3.63) is 69.8 Å². The molecule has 136 valence electrons. The second-order valence-electron chi connectivity index (χ2n) is 7.00. The van der Waals surface area contributed by atoms with Gasteiger partial charge in [-0.15, -0.1) is 0 Å². The Labute approximate surface area is 156 Å². The number of nitriles is 1. The molecule has 7 heteroatoms.